The topological polar surface area (TPSA) is 16.3 Å². The Morgan fingerprint density at radius 3 is 1.06 bits per heavy atom. The van der Waals surface area contributed by atoms with Crippen LogP contribution >= 0.6 is 0 Å². The minimum absolute atomic E-state index is 1.07. The van der Waals surface area contributed by atoms with Gasteiger partial charge in [-0.1, -0.05) is 176 Å². The average molecular weight is 919 g/mol. The third-order valence-corrected chi connectivity index (χ3v) is 14.4. The van der Waals surface area contributed by atoms with Crippen LogP contribution in [0.3, 0.4) is 0 Å². The van der Waals surface area contributed by atoms with Gasteiger partial charge in [0.2, 0.25) is 0 Å². The summed E-state index contributed by atoms with van der Waals surface area (Å²) in [6, 6.07) is 102. The van der Waals surface area contributed by atoms with Crippen LogP contribution in [0.2, 0.25) is 0 Å². The van der Waals surface area contributed by atoms with E-state index in [2.05, 4.69) is 298 Å². The zero-order chi connectivity index (χ0) is 47.5. The van der Waals surface area contributed by atoms with Crippen molar-refractivity contribution in [3.8, 4) is 22.5 Å². The lowest BCUT2D eigenvalue weighted by Crippen LogP contribution is -2.14. The molecule has 0 aliphatic heterocycles. The molecule has 12 aromatic carbocycles. The Kier molecular flexibility index (Phi) is 9.82. The molecule has 338 valence electrons. The van der Waals surface area contributed by atoms with Crippen LogP contribution in [0.5, 0.6) is 0 Å². The van der Waals surface area contributed by atoms with Crippen LogP contribution in [0.15, 0.2) is 279 Å². The molecule has 4 heteroatoms. The fourth-order valence-electron chi connectivity index (χ4n) is 11.3. The molecule has 14 rings (SSSR count). The highest BCUT2D eigenvalue weighted by Gasteiger charge is 2.27. The number of hydrogen-bond acceptors (Lipinski definition) is 2. The van der Waals surface area contributed by atoms with Crippen molar-refractivity contribution in [3.63, 3.8) is 0 Å². The number of hydrogen-bond donors (Lipinski definition) is 0. The summed E-state index contributed by atoms with van der Waals surface area (Å²) in [5.41, 5.74) is 15.8. The first-order valence-corrected chi connectivity index (χ1v) is 24.7. The van der Waals surface area contributed by atoms with Gasteiger partial charge in [0.1, 0.15) is 0 Å². The first kappa shape index (κ1) is 41.3. The summed E-state index contributed by atoms with van der Waals surface area (Å²) in [7, 11) is 0. The van der Waals surface area contributed by atoms with Gasteiger partial charge < -0.3 is 18.9 Å². The molecule has 0 atom stereocenters. The monoisotopic (exact) mass is 918 g/mol. The molecule has 4 nitrogen and oxygen atoms in total. The number of benzene rings is 12. The highest BCUT2D eigenvalue weighted by Crippen LogP contribution is 2.53. The molecule has 72 heavy (non-hydrogen) atoms. The minimum Gasteiger partial charge on any atom is -0.309 e. The number of rotatable bonds is 9. The van der Waals surface area contributed by atoms with E-state index in [1.165, 1.54) is 38.1 Å². The molecule has 0 N–H and O–H groups in total. The summed E-state index contributed by atoms with van der Waals surface area (Å²) in [6.07, 6.45) is 0. The second kappa shape index (κ2) is 17.1. The summed E-state index contributed by atoms with van der Waals surface area (Å²) >= 11 is 0. The number of nitrogens with zero attached hydrogens (tertiary/aromatic N) is 4. The van der Waals surface area contributed by atoms with Crippen LogP contribution in [0, 0.1) is 0 Å². The van der Waals surface area contributed by atoms with E-state index in [9.17, 15) is 0 Å². The SMILES string of the molecule is c1ccc(-c2ccc3c(N(c4ccc5c(c4)c4ccccc4n5-c4ccccc4)c4ccc5c(c4)c4ccccc4n5-c4ccccc4)c4ccccc4c(N(c4ccccc4)c4ccccc4)c3c2)cc1. The van der Waals surface area contributed by atoms with Gasteiger partial charge in [0, 0.05) is 77.2 Å². The maximum atomic E-state index is 2.54. The van der Waals surface area contributed by atoms with E-state index in [1.807, 2.05) is 0 Å². The van der Waals surface area contributed by atoms with Gasteiger partial charge >= 0.3 is 0 Å². The second-order valence-electron chi connectivity index (χ2n) is 18.5. The number of aromatic nitrogens is 2. The normalized spacial score (nSPS) is 11.6. The molecule has 0 radical (unpaired) electrons. The molecule has 0 fully saturated rings. The minimum atomic E-state index is 1.07. The maximum absolute atomic E-state index is 2.54. The first-order chi connectivity index (χ1) is 35.8. The predicted molar refractivity (Wildman–Crippen MR) is 305 cm³/mol. The Labute approximate surface area is 417 Å². The molecule has 0 saturated carbocycles. The second-order valence-corrected chi connectivity index (χ2v) is 18.5. The summed E-state index contributed by atoms with van der Waals surface area (Å²) in [5, 5.41) is 9.36. The van der Waals surface area contributed by atoms with E-state index < -0.39 is 0 Å². The molecule has 0 aliphatic carbocycles. The van der Waals surface area contributed by atoms with Gasteiger partial charge in [0.25, 0.3) is 0 Å². The molecule has 14 aromatic rings. The summed E-state index contributed by atoms with van der Waals surface area (Å²) < 4.78 is 4.80. The lowest BCUT2D eigenvalue weighted by atomic mass is 9.92. The molecular formula is C68H46N4. The van der Waals surface area contributed by atoms with Gasteiger partial charge in [-0.05, 0) is 114 Å². The van der Waals surface area contributed by atoms with Crippen molar-refractivity contribution in [2.45, 2.75) is 0 Å². The van der Waals surface area contributed by atoms with Crippen molar-refractivity contribution in [2.24, 2.45) is 0 Å². The van der Waals surface area contributed by atoms with E-state index in [1.54, 1.807) is 0 Å². The molecule has 0 spiro atoms. The zero-order valence-electron chi connectivity index (χ0n) is 39.3. The molecule has 2 heterocycles. The van der Waals surface area contributed by atoms with E-state index in [-0.39, 0.29) is 0 Å². The Hall–Kier alpha value is -9.64. The van der Waals surface area contributed by atoms with Crippen molar-refractivity contribution < 1.29 is 0 Å². The predicted octanol–water partition coefficient (Wildman–Crippen LogP) is 18.8. The van der Waals surface area contributed by atoms with E-state index in [0.29, 0.717) is 0 Å². The fraction of sp³-hybridized carbons (Fsp3) is 0. The third kappa shape index (κ3) is 6.69. The maximum Gasteiger partial charge on any atom is 0.0620 e. The quantitative estimate of drug-likeness (QED) is 0.106. The highest BCUT2D eigenvalue weighted by atomic mass is 15.2. The number of anilines is 6. The highest BCUT2D eigenvalue weighted by molar-refractivity contribution is 6.24. The van der Waals surface area contributed by atoms with Gasteiger partial charge in [-0.2, -0.15) is 0 Å². The first-order valence-electron chi connectivity index (χ1n) is 24.7. The smallest absolute Gasteiger partial charge is 0.0620 e. The summed E-state index contributed by atoms with van der Waals surface area (Å²) in [6.45, 7) is 0. The third-order valence-electron chi connectivity index (χ3n) is 14.4. The van der Waals surface area contributed by atoms with Gasteiger partial charge in [0.15, 0.2) is 0 Å². The molecule has 0 bridgehead atoms. The lowest BCUT2D eigenvalue weighted by molar-refractivity contribution is 1.18. The van der Waals surface area contributed by atoms with Gasteiger partial charge in [-0.25, -0.2) is 0 Å². The van der Waals surface area contributed by atoms with Crippen LogP contribution in [0.1, 0.15) is 0 Å². The zero-order valence-corrected chi connectivity index (χ0v) is 39.3. The molecule has 0 saturated heterocycles. The summed E-state index contributed by atoms with van der Waals surface area (Å²) in [4.78, 5) is 4.98. The van der Waals surface area contributed by atoms with Crippen LogP contribution in [-0.4, -0.2) is 9.13 Å². The molecule has 2 aromatic heterocycles. The molecule has 0 aliphatic rings. The van der Waals surface area contributed by atoms with Crippen LogP contribution in [0.25, 0.3) is 87.7 Å². The molecule has 0 unspecified atom stereocenters. The average Bonchev–Trinajstić information content (AvgIpc) is 3.97. The Morgan fingerprint density at radius 1 is 0.208 bits per heavy atom. The Balaban J connectivity index is 1.12. The van der Waals surface area contributed by atoms with Gasteiger partial charge in [-0.15, -0.1) is 0 Å². The van der Waals surface area contributed by atoms with Gasteiger partial charge in [-0.3, -0.25) is 0 Å². The largest absolute Gasteiger partial charge is 0.309 e. The van der Waals surface area contributed by atoms with Crippen molar-refractivity contribution >= 4 is 99.3 Å². The molecular weight excluding hydrogens is 873 g/mol. The lowest BCUT2D eigenvalue weighted by Gasteiger charge is -2.33. The van der Waals surface area contributed by atoms with Crippen molar-refractivity contribution in [1.82, 2.24) is 9.13 Å². The van der Waals surface area contributed by atoms with Crippen LogP contribution < -0.4 is 9.80 Å². The molecule has 0 amide bonds. The number of fused-ring (bicyclic) bond motifs is 8. The summed E-state index contributed by atoms with van der Waals surface area (Å²) in [5.74, 6) is 0. The van der Waals surface area contributed by atoms with Crippen LogP contribution in [-0.2, 0) is 0 Å². The Bertz CT molecular complexity index is 4120. The van der Waals surface area contributed by atoms with E-state index in [0.717, 1.165) is 83.6 Å². The van der Waals surface area contributed by atoms with Crippen LogP contribution in [0.4, 0.5) is 34.1 Å². The van der Waals surface area contributed by atoms with E-state index in [4.69, 9.17) is 0 Å². The van der Waals surface area contributed by atoms with Crippen molar-refractivity contribution in [1.29, 1.82) is 0 Å². The van der Waals surface area contributed by atoms with E-state index >= 15 is 0 Å². The fourth-order valence-corrected chi connectivity index (χ4v) is 11.3. The number of para-hydroxylation sites is 6. The Morgan fingerprint density at radius 2 is 0.569 bits per heavy atom. The van der Waals surface area contributed by atoms with Gasteiger partial charge in [0.05, 0.1) is 33.4 Å². The standard InChI is InChI=1S/C68H46N4/c1-6-22-47(23-7-1)48-38-41-59-62(44-48)68(69(49-24-8-2-9-25-49)50-26-10-3-11-27-50)58-35-17-16-34-57(58)67(59)70(53-39-42-65-60(45-53)55-32-18-20-36-63(55)71(65)51-28-12-4-13-29-51)54-40-43-66-61(46-54)56-33-19-21-37-64(56)72(66)52-30-14-5-15-31-52/h1-46H. The van der Waals surface area contributed by atoms with Crippen molar-refractivity contribution in [3.05, 3.63) is 279 Å². The van der Waals surface area contributed by atoms with Crippen molar-refractivity contribution in [2.75, 3.05) is 9.80 Å².